The fraction of sp³-hybridized carbons (Fsp3) is 0.294. The van der Waals surface area contributed by atoms with Gasteiger partial charge in [-0.05, 0) is 30.2 Å². The summed E-state index contributed by atoms with van der Waals surface area (Å²) in [5, 5.41) is 3.42. The van der Waals surface area contributed by atoms with Crippen molar-refractivity contribution in [3.63, 3.8) is 0 Å². The smallest absolute Gasteiger partial charge is 0.123 e. The zero-order valence-electron chi connectivity index (χ0n) is 11.0. The second kappa shape index (κ2) is 5.89. The molecule has 19 heavy (non-hydrogen) atoms. The maximum Gasteiger partial charge on any atom is 0.123 e. The molecule has 0 aromatic heterocycles. The Labute approximate surface area is 114 Å². The van der Waals surface area contributed by atoms with Crippen LogP contribution in [0.3, 0.4) is 0 Å². The highest BCUT2D eigenvalue weighted by molar-refractivity contribution is 5.37. The lowest BCUT2D eigenvalue weighted by molar-refractivity contribution is 0.301. The highest BCUT2D eigenvalue weighted by Crippen LogP contribution is 2.30. The summed E-state index contributed by atoms with van der Waals surface area (Å²) in [4.78, 5) is 0. The zero-order chi connectivity index (χ0) is 12.9. The van der Waals surface area contributed by atoms with Gasteiger partial charge in [0.15, 0.2) is 0 Å². The van der Waals surface area contributed by atoms with Gasteiger partial charge in [-0.1, -0.05) is 48.5 Å². The molecular weight excluding hydrogens is 234 g/mol. The van der Waals surface area contributed by atoms with Gasteiger partial charge >= 0.3 is 0 Å². The molecule has 0 radical (unpaired) electrons. The van der Waals surface area contributed by atoms with Gasteiger partial charge in [0.2, 0.25) is 0 Å². The van der Waals surface area contributed by atoms with Crippen molar-refractivity contribution in [1.29, 1.82) is 0 Å². The predicted octanol–water partition coefficient (Wildman–Crippen LogP) is 3.34. The molecule has 98 valence electrons. The van der Waals surface area contributed by atoms with E-state index < -0.39 is 0 Å². The number of rotatable bonds is 4. The predicted molar refractivity (Wildman–Crippen MR) is 77.4 cm³/mol. The lowest BCUT2D eigenvalue weighted by atomic mass is 9.97. The first kappa shape index (κ1) is 12.2. The van der Waals surface area contributed by atoms with Crippen molar-refractivity contribution in [2.45, 2.75) is 18.9 Å². The Bertz CT molecular complexity index is 518. The molecule has 1 fully saturated rings. The molecule has 0 spiro atoms. The van der Waals surface area contributed by atoms with Crippen LogP contribution < -0.4 is 10.1 Å². The van der Waals surface area contributed by atoms with Gasteiger partial charge in [-0.15, -0.1) is 0 Å². The fourth-order valence-electron chi connectivity index (χ4n) is 2.60. The molecule has 2 aromatic carbocycles. The Morgan fingerprint density at radius 1 is 1.00 bits per heavy atom. The Morgan fingerprint density at radius 2 is 1.79 bits per heavy atom. The fourth-order valence-corrected chi connectivity index (χ4v) is 2.60. The molecule has 1 saturated heterocycles. The van der Waals surface area contributed by atoms with Crippen molar-refractivity contribution in [2.75, 3.05) is 13.1 Å². The molecule has 1 aliphatic rings. The van der Waals surface area contributed by atoms with Crippen molar-refractivity contribution in [3.05, 3.63) is 65.7 Å². The summed E-state index contributed by atoms with van der Waals surface area (Å²) in [6.45, 7) is 2.81. The maximum atomic E-state index is 6.01. The maximum absolute atomic E-state index is 6.01. The number of ether oxygens (including phenoxy) is 1. The second-order valence-electron chi connectivity index (χ2n) is 5.00. The van der Waals surface area contributed by atoms with Crippen molar-refractivity contribution >= 4 is 0 Å². The van der Waals surface area contributed by atoms with Crippen LogP contribution in [0.5, 0.6) is 5.75 Å². The molecule has 1 unspecified atom stereocenters. The molecule has 2 heteroatoms. The molecular formula is C17H19NO. The third-order valence-corrected chi connectivity index (χ3v) is 3.66. The van der Waals surface area contributed by atoms with Crippen molar-refractivity contribution < 1.29 is 4.74 Å². The number of para-hydroxylation sites is 1. The Hall–Kier alpha value is -1.80. The molecule has 2 aromatic rings. The van der Waals surface area contributed by atoms with E-state index in [4.69, 9.17) is 4.74 Å². The van der Waals surface area contributed by atoms with Crippen LogP contribution in [-0.4, -0.2) is 13.1 Å². The van der Waals surface area contributed by atoms with Gasteiger partial charge < -0.3 is 10.1 Å². The van der Waals surface area contributed by atoms with Crippen LogP contribution in [0.1, 0.15) is 23.5 Å². The molecule has 3 rings (SSSR count). The molecule has 1 heterocycles. The zero-order valence-corrected chi connectivity index (χ0v) is 11.0. The number of hydrogen-bond donors (Lipinski definition) is 1. The summed E-state index contributed by atoms with van der Waals surface area (Å²) >= 11 is 0. The minimum absolute atomic E-state index is 0.590. The van der Waals surface area contributed by atoms with Crippen LogP contribution in [0.2, 0.25) is 0 Å². The van der Waals surface area contributed by atoms with Crippen LogP contribution in [0.25, 0.3) is 0 Å². The molecule has 0 amide bonds. The van der Waals surface area contributed by atoms with E-state index in [1.807, 2.05) is 24.3 Å². The van der Waals surface area contributed by atoms with Gasteiger partial charge in [-0.3, -0.25) is 0 Å². The summed E-state index contributed by atoms with van der Waals surface area (Å²) in [6, 6.07) is 18.7. The van der Waals surface area contributed by atoms with Gasteiger partial charge in [0.05, 0.1) is 0 Å². The lowest BCUT2D eigenvalue weighted by Crippen LogP contribution is -2.09. The third kappa shape index (κ3) is 2.96. The van der Waals surface area contributed by atoms with Gasteiger partial charge in [0.25, 0.3) is 0 Å². The molecule has 1 N–H and O–H groups in total. The van der Waals surface area contributed by atoms with E-state index in [2.05, 4.69) is 35.6 Å². The Morgan fingerprint density at radius 3 is 2.58 bits per heavy atom. The van der Waals surface area contributed by atoms with Crippen LogP contribution in [0, 0.1) is 0 Å². The third-order valence-electron chi connectivity index (χ3n) is 3.66. The minimum Gasteiger partial charge on any atom is -0.489 e. The summed E-state index contributed by atoms with van der Waals surface area (Å²) in [5.74, 6) is 1.62. The highest BCUT2D eigenvalue weighted by atomic mass is 16.5. The average molecular weight is 253 g/mol. The monoisotopic (exact) mass is 253 g/mol. The summed E-state index contributed by atoms with van der Waals surface area (Å²) < 4.78 is 6.01. The van der Waals surface area contributed by atoms with E-state index in [9.17, 15) is 0 Å². The van der Waals surface area contributed by atoms with Crippen molar-refractivity contribution in [1.82, 2.24) is 5.32 Å². The van der Waals surface area contributed by atoms with Crippen LogP contribution in [0.15, 0.2) is 54.6 Å². The number of nitrogens with one attached hydrogen (secondary N) is 1. The average Bonchev–Trinajstić information content (AvgIpc) is 3.01. The first-order valence-corrected chi connectivity index (χ1v) is 6.90. The molecule has 0 aliphatic carbocycles. The summed E-state index contributed by atoms with van der Waals surface area (Å²) in [6.07, 6.45) is 1.20. The molecule has 2 nitrogen and oxygen atoms in total. The molecule has 1 atom stereocenters. The number of hydrogen-bond acceptors (Lipinski definition) is 2. The van der Waals surface area contributed by atoms with Crippen LogP contribution in [-0.2, 0) is 6.61 Å². The number of benzene rings is 2. The van der Waals surface area contributed by atoms with Gasteiger partial charge in [-0.25, -0.2) is 0 Å². The molecule has 0 saturated carbocycles. The largest absolute Gasteiger partial charge is 0.489 e. The summed E-state index contributed by atoms with van der Waals surface area (Å²) in [5.41, 5.74) is 2.55. The van der Waals surface area contributed by atoms with E-state index in [1.165, 1.54) is 17.5 Å². The normalized spacial score (nSPS) is 18.4. The van der Waals surface area contributed by atoms with E-state index in [0.717, 1.165) is 18.8 Å². The van der Waals surface area contributed by atoms with Crippen molar-refractivity contribution in [2.24, 2.45) is 0 Å². The molecule has 0 bridgehead atoms. The van der Waals surface area contributed by atoms with E-state index in [-0.39, 0.29) is 0 Å². The van der Waals surface area contributed by atoms with E-state index in [1.54, 1.807) is 0 Å². The Balaban J connectivity index is 1.73. The standard InChI is InChI=1S/C17H19NO/c1-2-6-14(7-3-1)13-19-17-9-5-4-8-16(17)15-10-11-18-12-15/h1-9,15,18H,10-13H2. The quantitative estimate of drug-likeness (QED) is 0.902. The van der Waals surface area contributed by atoms with E-state index in [0.29, 0.717) is 12.5 Å². The topological polar surface area (TPSA) is 21.3 Å². The Kier molecular flexibility index (Phi) is 3.80. The second-order valence-corrected chi connectivity index (χ2v) is 5.00. The van der Waals surface area contributed by atoms with Gasteiger partial charge in [0.1, 0.15) is 12.4 Å². The lowest BCUT2D eigenvalue weighted by Gasteiger charge is -2.15. The van der Waals surface area contributed by atoms with Gasteiger partial charge in [-0.2, -0.15) is 0 Å². The summed E-state index contributed by atoms with van der Waals surface area (Å²) in [7, 11) is 0. The van der Waals surface area contributed by atoms with Crippen LogP contribution in [0.4, 0.5) is 0 Å². The van der Waals surface area contributed by atoms with E-state index >= 15 is 0 Å². The van der Waals surface area contributed by atoms with Gasteiger partial charge in [0, 0.05) is 12.5 Å². The van der Waals surface area contributed by atoms with Crippen molar-refractivity contribution in [3.8, 4) is 5.75 Å². The highest BCUT2D eigenvalue weighted by Gasteiger charge is 2.19. The SMILES string of the molecule is c1ccc(COc2ccccc2C2CCNC2)cc1. The first-order chi connectivity index (χ1) is 9.43. The first-order valence-electron chi connectivity index (χ1n) is 6.90. The minimum atomic E-state index is 0.590. The molecule has 1 aliphatic heterocycles. The van der Waals surface area contributed by atoms with Crippen LogP contribution >= 0.6 is 0 Å².